The maximum atomic E-state index is 15.0. The van der Waals surface area contributed by atoms with Crippen molar-refractivity contribution in [3.63, 3.8) is 0 Å². The van der Waals surface area contributed by atoms with Gasteiger partial charge in [0.15, 0.2) is 11.6 Å². The van der Waals surface area contributed by atoms with Crippen molar-refractivity contribution in [3.8, 4) is 17.9 Å². The second-order valence-electron chi connectivity index (χ2n) is 6.61. The summed E-state index contributed by atoms with van der Waals surface area (Å²) in [6, 6.07) is 9.98. The number of anilines is 2. The molecule has 0 heterocycles. The first-order valence-electron chi connectivity index (χ1n) is 8.25. The van der Waals surface area contributed by atoms with Crippen molar-refractivity contribution in [2.24, 2.45) is 0 Å². The van der Waals surface area contributed by atoms with Crippen LogP contribution in [0.2, 0.25) is 0 Å². The minimum absolute atomic E-state index is 0.0441. The average Bonchev–Trinajstić information content (AvgIpc) is 2.60. The maximum absolute atomic E-state index is 15.0. The molecule has 0 amide bonds. The van der Waals surface area contributed by atoms with Crippen LogP contribution in [0, 0.1) is 34.3 Å². The summed E-state index contributed by atoms with van der Waals surface area (Å²) in [5, 5.41) is 21.3. The second kappa shape index (κ2) is 8.28. The van der Waals surface area contributed by atoms with E-state index in [0.29, 0.717) is 18.0 Å². The van der Waals surface area contributed by atoms with Crippen LogP contribution in [-0.4, -0.2) is 11.4 Å². The fourth-order valence-electron chi connectivity index (χ4n) is 2.37. The van der Waals surface area contributed by atoms with Crippen LogP contribution in [0.3, 0.4) is 0 Å². The van der Waals surface area contributed by atoms with Crippen molar-refractivity contribution in [1.82, 2.24) is 0 Å². The topological polar surface area (TPSA) is 68.8 Å². The smallest absolute Gasteiger partial charge is 0.167 e. The van der Waals surface area contributed by atoms with E-state index in [1.165, 1.54) is 0 Å². The highest BCUT2D eigenvalue weighted by atomic mass is 32.2. The van der Waals surface area contributed by atoms with E-state index in [2.05, 4.69) is 5.32 Å². The molecule has 0 unspecified atom stereocenters. The zero-order chi connectivity index (χ0) is 20.2. The van der Waals surface area contributed by atoms with Gasteiger partial charge >= 0.3 is 0 Å². The molecule has 0 spiro atoms. The van der Waals surface area contributed by atoms with Crippen molar-refractivity contribution >= 4 is 23.1 Å². The van der Waals surface area contributed by atoms with E-state index in [4.69, 9.17) is 4.74 Å². The zero-order valence-corrected chi connectivity index (χ0v) is 16.3. The van der Waals surface area contributed by atoms with Crippen LogP contribution in [0.25, 0.3) is 0 Å². The lowest BCUT2D eigenvalue weighted by molar-refractivity contribution is 0.340. The first-order chi connectivity index (χ1) is 12.7. The molecule has 0 aliphatic carbocycles. The minimum atomic E-state index is -0.955. The predicted octanol–water partition coefficient (Wildman–Crippen LogP) is 5.74. The van der Waals surface area contributed by atoms with E-state index in [9.17, 15) is 14.9 Å². The minimum Gasteiger partial charge on any atom is -0.494 e. The van der Waals surface area contributed by atoms with Crippen LogP contribution in [0.5, 0.6) is 5.75 Å². The molecule has 0 bridgehead atoms. The van der Waals surface area contributed by atoms with Crippen LogP contribution >= 0.6 is 11.8 Å². The van der Waals surface area contributed by atoms with E-state index < -0.39 is 27.5 Å². The Labute approximate surface area is 161 Å². The summed E-state index contributed by atoms with van der Waals surface area (Å²) in [5.41, 5.74) is -0.896. The number of benzene rings is 2. The number of halogens is 2. The molecule has 0 atom stereocenters. The lowest BCUT2D eigenvalue weighted by atomic mass is 10.1. The molecule has 2 rings (SSSR count). The van der Waals surface area contributed by atoms with Crippen molar-refractivity contribution in [1.29, 1.82) is 10.5 Å². The molecular weight excluding hydrogens is 368 g/mol. The number of hydrogen-bond acceptors (Lipinski definition) is 5. The molecule has 0 radical (unpaired) electrons. The molecule has 4 nitrogen and oxygen atoms in total. The Morgan fingerprint density at radius 3 is 2.30 bits per heavy atom. The fraction of sp³-hybridized carbons (Fsp3) is 0.300. The van der Waals surface area contributed by atoms with Crippen LogP contribution in [-0.2, 0) is 0 Å². The third-order valence-corrected chi connectivity index (χ3v) is 4.58. The Morgan fingerprint density at radius 1 is 1.11 bits per heavy atom. The largest absolute Gasteiger partial charge is 0.494 e. The van der Waals surface area contributed by atoms with Gasteiger partial charge in [0.1, 0.15) is 29.0 Å². The number of nitrogens with zero attached hydrogens (tertiary/aromatic N) is 2. The maximum Gasteiger partial charge on any atom is 0.167 e. The van der Waals surface area contributed by atoms with Crippen LogP contribution < -0.4 is 10.1 Å². The van der Waals surface area contributed by atoms with E-state index in [1.807, 2.05) is 27.7 Å². The van der Waals surface area contributed by atoms with Gasteiger partial charge in [0.05, 0.1) is 17.2 Å². The quantitative estimate of drug-likeness (QED) is 0.663. The molecule has 0 aliphatic heterocycles. The lowest BCUT2D eigenvalue weighted by Gasteiger charge is -2.22. The van der Waals surface area contributed by atoms with Gasteiger partial charge in [-0.05, 0) is 19.1 Å². The van der Waals surface area contributed by atoms with Crippen LogP contribution in [0.1, 0.15) is 38.8 Å². The Kier molecular flexibility index (Phi) is 6.30. The molecule has 0 saturated heterocycles. The monoisotopic (exact) mass is 387 g/mol. The summed E-state index contributed by atoms with van der Waals surface area (Å²) in [4.78, 5) is -0.0441. The number of nitrogens with one attached hydrogen (secondary N) is 1. The molecule has 1 N–H and O–H groups in total. The summed E-state index contributed by atoms with van der Waals surface area (Å²) in [6.07, 6.45) is 0. The fourth-order valence-corrected chi connectivity index (χ4v) is 3.41. The molecule has 2 aromatic rings. The third-order valence-electron chi connectivity index (χ3n) is 3.38. The Balaban J connectivity index is 2.66. The van der Waals surface area contributed by atoms with E-state index in [-0.39, 0.29) is 10.6 Å². The molecule has 2 aromatic carbocycles. The summed E-state index contributed by atoms with van der Waals surface area (Å²) in [7, 11) is 0. The van der Waals surface area contributed by atoms with Gasteiger partial charge in [-0.3, -0.25) is 0 Å². The van der Waals surface area contributed by atoms with E-state index in [0.717, 1.165) is 11.8 Å². The van der Waals surface area contributed by atoms with Gasteiger partial charge in [0.25, 0.3) is 0 Å². The molecule has 0 aromatic heterocycles. The number of ether oxygens (including phenoxy) is 1. The Morgan fingerprint density at radius 2 is 1.74 bits per heavy atom. The summed E-state index contributed by atoms with van der Waals surface area (Å²) in [5.74, 6) is -1.29. The van der Waals surface area contributed by atoms with Crippen molar-refractivity contribution in [2.45, 2.75) is 37.3 Å². The Bertz CT molecular complexity index is 940. The Hall–Kier alpha value is -2.77. The van der Waals surface area contributed by atoms with Crippen molar-refractivity contribution in [3.05, 3.63) is 47.0 Å². The highest BCUT2D eigenvalue weighted by molar-refractivity contribution is 8.00. The molecule has 27 heavy (non-hydrogen) atoms. The molecule has 7 heteroatoms. The van der Waals surface area contributed by atoms with Gasteiger partial charge in [-0.25, -0.2) is 8.78 Å². The molecular formula is C20H19F2N3OS. The predicted molar refractivity (Wildman–Crippen MR) is 102 cm³/mol. The summed E-state index contributed by atoms with van der Waals surface area (Å²) < 4.78 is 35.0. The zero-order valence-electron chi connectivity index (χ0n) is 15.5. The molecule has 0 saturated carbocycles. The van der Waals surface area contributed by atoms with Crippen molar-refractivity contribution in [2.75, 3.05) is 11.9 Å². The molecule has 140 valence electrons. The third kappa shape index (κ3) is 4.69. The van der Waals surface area contributed by atoms with Gasteiger partial charge in [0.2, 0.25) is 0 Å². The van der Waals surface area contributed by atoms with Gasteiger partial charge in [-0.2, -0.15) is 10.5 Å². The van der Waals surface area contributed by atoms with Gasteiger partial charge in [-0.1, -0.05) is 26.8 Å². The summed E-state index contributed by atoms with van der Waals surface area (Å²) >= 11 is 1.08. The highest BCUT2D eigenvalue weighted by Gasteiger charge is 2.28. The second-order valence-corrected chi connectivity index (χ2v) is 8.44. The number of thioether (sulfide) groups is 1. The highest BCUT2D eigenvalue weighted by Crippen LogP contribution is 2.43. The van der Waals surface area contributed by atoms with E-state index in [1.54, 1.807) is 36.4 Å². The van der Waals surface area contributed by atoms with E-state index >= 15 is 4.39 Å². The average molecular weight is 387 g/mol. The lowest BCUT2D eigenvalue weighted by Crippen LogP contribution is -2.12. The SMILES string of the molecule is CCOc1cccc(Nc2c(F)c(C#N)c(C#N)c(F)c2SC(C)(C)C)c1. The van der Waals surface area contributed by atoms with Gasteiger partial charge in [-0.15, -0.1) is 11.8 Å². The van der Waals surface area contributed by atoms with Crippen molar-refractivity contribution < 1.29 is 13.5 Å². The van der Waals surface area contributed by atoms with Crippen LogP contribution in [0.15, 0.2) is 29.2 Å². The number of rotatable bonds is 5. The van der Waals surface area contributed by atoms with Crippen LogP contribution in [0.4, 0.5) is 20.2 Å². The normalized spacial score (nSPS) is 10.8. The number of hydrogen-bond donors (Lipinski definition) is 1. The molecule has 0 aliphatic rings. The number of nitriles is 2. The first kappa shape index (κ1) is 20.5. The molecule has 0 fully saturated rings. The summed E-state index contributed by atoms with van der Waals surface area (Å²) in [6.45, 7) is 7.84. The first-order valence-corrected chi connectivity index (χ1v) is 9.07. The van der Waals surface area contributed by atoms with Gasteiger partial charge in [0, 0.05) is 16.5 Å². The standard InChI is InChI=1S/C20H19F2N3OS/c1-5-26-13-8-6-7-12(9-13)25-18-16(21)14(10-23)15(11-24)17(22)19(18)27-20(2,3)4/h6-9,25H,5H2,1-4H3. The van der Waals surface area contributed by atoms with Gasteiger partial charge < -0.3 is 10.1 Å².